The fraction of sp³-hybridized carbons (Fsp3) is 0.421. The van der Waals surface area contributed by atoms with Crippen LogP contribution in [-0.4, -0.2) is 75.6 Å². The lowest BCUT2D eigenvalue weighted by atomic mass is 9.82. The number of rotatable bonds is 8. The summed E-state index contributed by atoms with van der Waals surface area (Å²) in [6, 6.07) is 2.07. The molecule has 6 N–H and O–H groups in total. The summed E-state index contributed by atoms with van der Waals surface area (Å²) in [5, 5.41) is 37.8. The molecule has 1 aromatic rings. The minimum absolute atomic E-state index is 0.0139. The Morgan fingerprint density at radius 1 is 1.37 bits per heavy atom. The van der Waals surface area contributed by atoms with E-state index in [9.17, 15) is 19.8 Å². The maximum atomic E-state index is 12.6. The summed E-state index contributed by atoms with van der Waals surface area (Å²) in [5.74, 6) is -2.13. The number of nitrogens with zero attached hydrogens (tertiary/aromatic N) is 2. The monoisotopic (exact) mass is 417 g/mol. The normalized spacial score (nSPS) is 19.0. The lowest BCUT2D eigenvalue weighted by Crippen LogP contribution is -2.44. The van der Waals surface area contributed by atoms with Gasteiger partial charge in [0.15, 0.2) is 0 Å². The Labute approximate surface area is 173 Å². The molecule has 1 saturated heterocycles. The number of carbonyl (C=O) groups excluding carboxylic acids is 1. The SMILES string of the molecule is NC(C(=O)N1CC[C@@H](Oc2ccc(CCB(O)O)c(O)c2C(=O)O)C1)C1=CCC=N1. The zero-order valence-corrected chi connectivity index (χ0v) is 16.3. The Morgan fingerprint density at radius 3 is 2.77 bits per heavy atom. The molecule has 3 rings (SSSR count). The number of carboxylic acids is 1. The molecule has 10 nitrogen and oxygen atoms in total. The molecule has 0 saturated carbocycles. The number of likely N-dealkylation sites (tertiary alicyclic amines) is 1. The Bertz CT molecular complexity index is 887. The number of hydrogen-bond acceptors (Lipinski definition) is 8. The lowest BCUT2D eigenvalue weighted by Gasteiger charge is -2.21. The molecule has 11 heteroatoms. The number of carboxylic acid groups (broad SMARTS) is 1. The highest BCUT2D eigenvalue weighted by molar-refractivity contribution is 6.41. The molecule has 1 fully saturated rings. The summed E-state index contributed by atoms with van der Waals surface area (Å²) in [5.41, 5.74) is 6.40. The van der Waals surface area contributed by atoms with Crippen LogP contribution in [0, 0.1) is 0 Å². The summed E-state index contributed by atoms with van der Waals surface area (Å²) < 4.78 is 5.80. The third kappa shape index (κ3) is 4.81. The molecule has 30 heavy (non-hydrogen) atoms. The molecule has 0 aliphatic carbocycles. The number of hydrogen-bond donors (Lipinski definition) is 5. The number of allylic oxidation sites excluding steroid dienone is 1. The summed E-state index contributed by atoms with van der Waals surface area (Å²) in [6.45, 7) is 0.650. The van der Waals surface area contributed by atoms with E-state index < -0.39 is 36.5 Å². The number of aromatic carboxylic acids is 1. The highest BCUT2D eigenvalue weighted by atomic mass is 16.5. The molecule has 2 atom stereocenters. The molecule has 1 amide bonds. The van der Waals surface area contributed by atoms with Crippen molar-refractivity contribution in [1.29, 1.82) is 0 Å². The van der Waals surface area contributed by atoms with E-state index in [4.69, 9.17) is 20.5 Å². The minimum atomic E-state index is -1.56. The van der Waals surface area contributed by atoms with Crippen LogP contribution in [0.1, 0.15) is 28.8 Å². The molecular formula is C19H24BN3O7. The van der Waals surface area contributed by atoms with Crippen molar-refractivity contribution in [3.8, 4) is 11.5 Å². The number of carbonyl (C=O) groups is 2. The first-order valence-electron chi connectivity index (χ1n) is 9.65. The molecule has 2 aliphatic heterocycles. The first kappa shape index (κ1) is 21.8. The summed E-state index contributed by atoms with van der Waals surface area (Å²) in [6.07, 6.45) is 4.20. The van der Waals surface area contributed by atoms with Crippen LogP contribution in [0.4, 0.5) is 0 Å². The Kier molecular flexibility index (Phi) is 6.75. The van der Waals surface area contributed by atoms with Crippen molar-refractivity contribution in [2.24, 2.45) is 10.7 Å². The fourth-order valence-corrected chi connectivity index (χ4v) is 3.53. The Balaban J connectivity index is 1.69. The second-order valence-corrected chi connectivity index (χ2v) is 7.24. The maximum absolute atomic E-state index is 12.6. The van der Waals surface area contributed by atoms with Crippen molar-refractivity contribution in [3.63, 3.8) is 0 Å². The molecule has 2 aliphatic rings. The van der Waals surface area contributed by atoms with E-state index >= 15 is 0 Å². The highest BCUT2D eigenvalue weighted by Crippen LogP contribution is 2.34. The molecule has 1 unspecified atom stereocenters. The van der Waals surface area contributed by atoms with Gasteiger partial charge in [-0.25, -0.2) is 4.79 Å². The zero-order valence-electron chi connectivity index (χ0n) is 16.3. The molecule has 0 spiro atoms. The van der Waals surface area contributed by atoms with E-state index in [1.54, 1.807) is 17.2 Å². The first-order valence-corrected chi connectivity index (χ1v) is 9.65. The molecule has 2 heterocycles. The topological polar surface area (TPSA) is 166 Å². The van der Waals surface area contributed by atoms with Gasteiger partial charge in [-0.05, 0) is 24.4 Å². The zero-order chi connectivity index (χ0) is 21.8. The van der Waals surface area contributed by atoms with Crippen LogP contribution in [0.25, 0.3) is 0 Å². The van der Waals surface area contributed by atoms with E-state index in [-0.39, 0.29) is 36.5 Å². The summed E-state index contributed by atoms with van der Waals surface area (Å²) in [7, 11) is -1.56. The van der Waals surface area contributed by atoms with Crippen molar-refractivity contribution in [3.05, 3.63) is 35.0 Å². The number of ether oxygens (including phenoxy) is 1. The number of aryl methyl sites for hydroxylation is 1. The summed E-state index contributed by atoms with van der Waals surface area (Å²) >= 11 is 0. The highest BCUT2D eigenvalue weighted by Gasteiger charge is 2.33. The van der Waals surface area contributed by atoms with Gasteiger partial charge < -0.3 is 35.6 Å². The van der Waals surface area contributed by atoms with Crippen LogP contribution in [0.5, 0.6) is 11.5 Å². The second-order valence-electron chi connectivity index (χ2n) is 7.24. The van der Waals surface area contributed by atoms with Gasteiger partial charge in [0.1, 0.15) is 29.2 Å². The molecule has 0 bridgehead atoms. The van der Waals surface area contributed by atoms with Crippen LogP contribution in [0.3, 0.4) is 0 Å². The molecule has 0 radical (unpaired) electrons. The van der Waals surface area contributed by atoms with Crippen LogP contribution in [0.2, 0.25) is 6.32 Å². The van der Waals surface area contributed by atoms with Gasteiger partial charge in [-0.3, -0.25) is 9.79 Å². The molecule has 1 aromatic carbocycles. The van der Waals surface area contributed by atoms with Gasteiger partial charge in [-0.2, -0.15) is 0 Å². The average Bonchev–Trinajstić information content (AvgIpc) is 3.38. The smallest absolute Gasteiger partial charge is 0.451 e. The van der Waals surface area contributed by atoms with Gasteiger partial charge in [0, 0.05) is 25.6 Å². The van der Waals surface area contributed by atoms with Crippen molar-refractivity contribution < 1.29 is 34.6 Å². The van der Waals surface area contributed by atoms with E-state index in [1.807, 2.05) is 0 Å². The van der Waals surface area contributed by atoms with Crippen molar-refractivity contribution in [2.45, 2.75) is 37.7 Å². The second kappa shape index (κ2) is 9.29. The van der Waals surface area contributed by atoms with Crippen LogP contribution in [-0.2, 0) is 11.2 Å². The molecule has 0 aromatic heterocycles. The van der Waals surface area contributed by atoms with E-state index in [0.29, 0.717) is 25.1 Å². The van der Waals surface area contributed by atoms with Crippen LogP contribution >= 0.6 is 0 Å². The third-order valence-corrected chi connectivity index (χ3v) is 5.12. The Morgan fingerprint density at radius 2 is 2.13 bits per heavy atom. The van der Waals surface area contributed by atoms with E-state index in [2.05, 4.69) is 4.99 Å². The van der Waals surface area contributed by atoms with Crippen molar-refractivity contribution in [1.82, 2.24) is 4.90 Å². The van der Waals surface area contributed by atoms with E-state index in [1.165, 1.54) is 12.1 Å². The van der Waals surface area contributed by atoms with Gasteiger partial charge in [0.2, 0.25) is 5.91 Å². The van der Waals surface area contributed by atoms with Gasteiger partial charge >= 0.3 is 13.1 Å². The lowest BCUT2D eigenvalue weighted by molar-refractivity contribution is -0.130. The van der Waals surface area contributed by atoms with E-state index in [0.717, 1.165) is 0 Å². The molecule has 160 valence electrons. The van der Waals surface area contributed by atoms with Gasteiger partial charge in [0.25, 0.3) is 0 Å². The minimum Gasteiger partial charge on any atom is -0.507 e. The van der Waals surface area contributed by atoms with Gasteiger partial charge in [-0.15, -0.1) is 0 Å². The largest absolute Gasteiger partial charge is 0.507 e. The standard InChI is InChI=1S/C19H24BN3O7/c21-16(13-2-1-8-22-13)18(25)23-9-6-12(10-23)30-14-4-3-11(5-7-20(28)29)17(24)15(14)19(26)27/h2-4,8,12,16,24,28-29H,1,5-7,9-10,21H2,(H,26,27)/t12-,16?/m1/s1. The fourth-order valence-electron chi connectivity index (χ4n) is 3.53. The Hall–Kier alpha value is -2.89. The van der Waals surface area contributed by atoms with Crippen LogP contribution in [0.15, 0.2) is 28.9 Å². The number of phenols is 1. The van der Waals surface area contributed by atoms with Gasteiger partial charge in [-0.1, -0.05) is 12.1 Å². The first-order chi connectivity index (χ1) is 14.3. The number of amides is 1. The predicted molar refractivity (Wildman–Crippen MR) is 109 cm³/mol. The molecular weight excluding hydrogens is 393 g/mol. The van der Waals surface area contributed by atoms with Crippen LogP contribution < -0.4 is 10.5 Å². The predicted octanol–water partition coefficient (Wildman–Crippen LogP) is -0.229. The quantitative estimate of drug-likeness (QED) is 0.362. The van der Waals surface area contributed by atoms with Gasteiger partial charge in [0.05, 0.1) is 12.2 Å². The number of benzene rings is 1. The number of aliphatic imine (C=N–C) groups is 1. The van der Waals surface area contributed by atoms with Crippen molar-refractivity contribution >= 4 is 25.2 Å². The third-order valence-electron chi connectivity index (χ3n) is 5.12. The maximum Gasteiger partial charge on any atom is 0.451 e. The number of aromatic hydroxyl groups is 1. The van der Waals surface area contributed by atoms with Crippen molar-refractivity contribution in [2.75, 3.05) is 13.1 Å². The number of nitrogens with two attached hydrogens (primary N) is 1. The summed E-state index contributed by atoms with van der Waals surface area (Å²) in [4.78, 5) is 29.9. The average molecular weight is 417 g/mol.